The van der Waals surface area contributed by atoms with Crippen LogP contribution in [0.25, 0.3) is 0 Å². The van der Waals surface area contributed by atoms with Gasteiger partial charge in [0.25, 0.3) is 0 Å². The van der Waals surface area contributed by atoms with Gasteiger partial charge in [0.2, 0.25) is 0 Å². The average molecular weight is 336 g/mol. The highest BCUT2D eigenvalue weighted by Gasteiger charge is 2.44. The Morgan fingerprint density at radius 1 is 1.38 bits per heavy atom. The van der Waals surface area contributed by atoms with Crippen molar-refractivity contribution in [3.05, 3.63) is 16.1 Å². The van der Waals surface area contributed by atoms with Gasteiger partial charge >= 0.3 is 0 Å². The van der Waals surface area contributed by atoms with E-state index in [1.54, 1.807) is 0 Å². The molecule has 118 valence electrons. The Balaban J connectivity index is 0.00000161. The minimum Gasteiger partial charge on any atom is -0.394 e. The van der Waals surface area contributed by atoms with Gasteiger partial charge in [-0.1, -0.05) is 0 Å². The summed E-state index contributed by atoms with van der Waals surface area (Å²) in [5, 5.41) is 34.4. The number of nitrogens with zero attached hydrogens (tertiary/aromatic N) is 2. The fourth-order valence-electron chi connectivity index (χ4n) is 2.33. The molecular weight excluding hydrogens is 318 g/mol. The van der Waals surface area contributed by atoms with Gasteiger partial charge in [0, 0.05) is 18.5 Å². The summed E-state index contributed by atoms with van der Waals surface area (Å²) in [4.78, 5) is 8.78. The minimum atomic E-state index is -1.09. The predicted molar refractivity (Wildman–Crippen MR) is 80.1 cm³/mol. The van der Waals surface area contributed by atoms with Crippen molar-refractivity contribution < 1.29 is 20.1 Å². The van der Waals surface area contributed by atoms with E-state index in [4.69, 9.17) is 9.84 Å². The standard InChI is InChI=1S/C12H17N3O4S.ClH/c16-4-7-8(17)9(18)10(19-7)12-15-6(5-20-12)11-13-2-1-3-14-11;/h5,7-10,16-18H,1-4H2,(H,13,14);1H. The maximum Gasteiger partial charge on any atom is 0.148 e. The summed E-state index contributed by atoms with van der Waals surface area (Å²) in [7, 11) is 0. The van der Waals surface area contributed by atoms with E-state index >= 15 is 0 Å². The third kappa shape index (κ3) is 3.20. The number of aliphatic imine (C=N–C) groups is 1. The van der Waals surface area contributed by atoms with Gasteiger partial charge in [-0.3, -0.25) is 4.99 Å². The number of nitrogens with one attached hydrogen (secondary N) is 1. The van der Waals surface area contributed by atoms with Crippen LogP contribution >= 0.6 is 23.7 Å². The first-order valence-corrected chi connectivity index (χ1v) is 7.45. The number of amidine groups is 1. The number of aromatic nitrogens is 1. The Labute approximate surface area is 132 Å². The molecule has 21 heavy (non-hydrogen) atoms. The normalized spacial score (nSPS) is 32.2. The van der Waals surface area contributed by atoms with Crippen molar-refractivity contribution in [2.24, 2.45) is 4.99 Å². The maximum atomic E-state index is 9.97. The first-order valence-electron chi connectivity index (χ1n) is 6.57. The molecule has 1 fully saturated rings. The Morgan fingerprint density at radius 2 is 2.19 bits per heavy atom. The molecule has 4 unspecified atom stereocenters. The first-order chi connectivity index (χ1) is 9.70. The SMILES string of the molecule is Cl.OCC1OC(c2nc(C3=NCCCN3)cs2)C(O)C1O. The van der Waals surface area contributed by atoms with E-state index in [9.17, 15) is 10.2 Å². The number of ether oxygens (including phenoxy) is 1. The van der Waals surface area contributed by atoms with E-state index in [-0.39, 0.29) is 19.0 Å². The lowest BCUT2D eigenvalue weighted by Crippen LogP contribution is -2.32. The van der Waals surface area contributed by atoms with Crippen molar-refractivity contribution in [1.29, 1.82) is 0 Å². The molecule has 1 aromatic rings. The molecule has 0 bridgehead atoms. The summed E-state index contributed by atoms with van der Waals surface area (Å²) in [6, 6.07) is 0. The van der Waals surface area contributed by atoms with Gasteiger partial charge in [0.05, 0.1) is 6.61 Å². The Kier molecular flexibility index (Phi) is 5.53. The van der Waals surface area contributed by atoms with Crippen LogP contribution in [0.5, 0.6) is 0 Å². The Morgan fingerprint density at radius 3 is 2.81 bits per heavy atom. The van der Waals surface area contributed by atoms with Crippen molar-refractivity contribution >= 4 is 29.6 Å². The van der Waals surface area contributed by atoms with Crippen LogP contribution in [0.4, 0.5) is 0 Å². The van der Waals surface area contributed by atoms with Crippen LogP contribution in [0.15, 0.2) is 10.4 Å². The fourth-order valence-corrected chi connectivity index (χ4v) is 3.21. The van der Waals surface area contributed by atoms with Gasteiger partial charge in [0.1, 0.15) is 41.0 Å². The quantitative estimate of drug-likeness (QED) is 0.591. The van der Waals surface area contributed by atoms with E-state index in [2.05, 4.69) is 15.3 Å². The second-order valence-corrected chi connectivity index (χ2v) is 5.73. The van der Waals surface area contributed by atoms with Crippen LogP contribution < -0.4 is 5.32 Å². The van der Waals surface area contributed by atoms with Crippen LogP contribution in [0.2, 0.25) is 0 Å². The smallest absolute Gasteiger partial charge is 0.148 e. The van der Waals surface area contributed by atoms with Gasteiger partial charge in [-0.25, -0.2) is 4.98 Å². The van der Waals surface area contributed by atoms with Gasteiger partial charge in [-0.15, -0.1) is 23.7 Å². The number of thiazole rings is 1. The zero-order valence-electron chi connectivity index (χ0n) is 11.2. The Bertz CT molecular complexity index is 512. The molecule has 2 aliphatic rings. The van der Waals surface area contributed by atoms with Crippen molar-refractivity contribution in [2.75, 3.05) is 19.7 Å². The lowest BCUT2D eigenvalue weighted by atomic mass is 10.1. The molecule has 4 N–H and O–H groups in total. The van der Waals surface area contributed by atoms with Crippen molar-refractivity contribution in [1.82, 2.24) is 10.3 Å². The van der Waals surface area contributed by atoms with Crippen LogP contribution in [0.3, 0.4) is 0 Å². The van der Waals surface area contributed by atoms with Gasteiger partial charge < -0.3 is 25.4 Å². The maximum absolute atomic E-state index is 9.97. The predicted octanol–water partition coefficient (Wildman–Crippen LogP) is -0.541. The first kappa shape index (κ1) is 16.6. The zero-order valence-corrected chi connectivity index (χ0v) is 12.8. The number of halogens is 1. The molecule has 0 spiro atoms. The third-order valence-corrected chi connectivity index (χ3v) is 4.35. The van der Waals surface area contributed by atoms with Crippen LogP contribution in [-0.4, -0.2) is 64.1 Å². The number of aliphatic hydroxyl groups is 3. The van der Waals surface area contributed by atoms with E-state index < -0.39 is 24.4 Å². The molecule has 1 aromatic heterocycles. The molecule has 3 rings (SSSR count). The fraction of sp³-hybridized carbons (Fsp3) is 0.667. The number of hydrogen-bond acceptors (Lipinski definition) is 8. The Hall–Kier alpha value is -0.770. The summed E-state index contributed by atoms with van der Waals surface area (Å²) >= 11 is 1.35. The summed E-state index contributed by atoms with van der Waals surface area (Å²) in [6.45, 7) is 1.32. The molecule has 3 heterocycles. The largest absolute Gasteiger partial charge is 0.394 e. The lowest BCUT2D eigenvalue weighted by molar-refractivity contribution is -0.0228. The third-order valence-electron chi connectivity index (χ3n) is 3.45. The molecule has 1 saturated heterocycles. The summed E-state index contributed by atoms with van der Waals surface area (Å²) in [6.07, 6.45) is -2.64. The van der Waals surface area contributed by atoms with E-state index in [0.717, 1.165) is 31.0 Å². The second kappa shape index (κ2) is 6.99. The molecule has 0 radical (unpaired) electrons. The molecule has 7 nitrogen and oxygen atoms in total. The zero-order chi connectivity index (χ0) is 14.1. The van der Waals surface area contributed by atoms with Gasteiger partial charge in [0.15, 0.2) is 0 Å². The molecule has 0 saturated carbocycles. The number of rotatable bonds is 3. The molecule has 9 heteroatoms. The van der Waals surface area contributed by atoms with Gasteiger partial charge in [-0.05, 0) is 6.42 Å². The van der Waals surface area contributed by atoms with Crippen molar-refractivity contribution in [3.8, 4) is 0 Å². The summed E-state index contributed by atoms with van der Waals surface area (Å²) < 4.78 is 5.46. The summed E-state index contributed by atoms with van der Waals surface area (Å²) in [5.74, 6) is 0.755. The molecule has 0 aliphatic carbocycles. The molecule has 2 aliphatic heterocycles. The van der Waals surface area contributed by atoms with Crippen molar-refractivity contribution in [2.45, 2.75) is 30.8 Å². The van der Waals surface area contributed by atoms with Crippen LogP contribution in [-0.2, 0) is 4.74 Å². The highest BCUT2D eigenvalue weighted by atomic mass is 35.5. The van der Waals surface area contributed by atoms with E-state index in [0.29, 0.717) is 5.01 Å². The van der Waals surface area contributed by atoms with E-state index in [1.165, 1.54) is 11.3 Å². The van der Waals surface area contributed by atoms with Gasteiger partial charge in [-0.2, -0.15) is 0 Å². The van der Waals surface area contributed by atoms with E-state index in [1.807, 2.05) is 5.38 Å². The lowest BCUT2D eigenvalue weighted by Gasteiger charge is -2.13. The minimum absolute atomic E-state index is 0. The average Bonchev–Trinajstić information content (AvgIpc) is 3.07. The highest BCUT2D eigenvalue weighted by Crippen LogP contribution is 2.35. The molecule has 0 aromatic carbocycles. The second-order valence-electron chi connectivity index (χ2n) is 4.84. The number of aliphatic hydroxyl groups excluding tert-OH is 3. The molecular formula is C12H18ClN3O4S. The number of hydrogen-bond donors (Lipinski definition) is 4. The molecule has 4 atom stereocenters. The molecule has 0 amide bonds. The highest BCUT2D eigenvalue weighted by molar-refractivity contribution is 7.09. The van der Waals surface area contributed by atoms with Crippen LogP contribution in [0, 0.1) is 0 Å². The van der Waals surface area contributed by atoms with Crippen LogP contribution in [0.1, 0.15) is 23.2 Å². The topological polar surface area (TPSA) is 107 Å². The van der Waals surface area contributed by atoms with Crippen molar-refractivity contribution in [3.63, 3.8) is 0 Å². The summed E-state index contributed by atoms with van der Waals surface area (Å²) in [5.41, 5.74) is 0.724. The monoisotopic (exact) mass is 335 g/mol.